The molecule has 0 radical (unpaired) electrons. The van der Waals surface area contributed by atoms with Crippen molar-refractivity contribution < 1.29 is 33.5 Å². The standard InChI is InChI=1S/C32H40N6O7/c1-21(39)3-12-30(42)29(18-24-4-8-25(9-5-24)22(2)40)36-32(44)26(17-23-6-10-27(11-7-23)37-38-34)19-28(41)13-15-45-16-14-35-31(43)20-33/h4-11,26,29H,3,12-20,33H2,1-2H3,(H,35,43)(H,36,44). The largest absolute Gasteiger partial charge is 0.379 e. The van der Waals surface area contributed by atoms with E-state index in [1.54, 1.807) is 48.5 Å². The fraction of sp³-hybridized carbons (Fsp3) is 0.438. The van der Waals surface area contributed by atoms with E-state index in [0.29, 0.717) is 22.4 Å². The van der Waals surface area contributed by atoms with Gasteiger partial charge in [0.25, 0.3) is 0 Å². The molecule has 0 saturated carbocycles. The van der Waals surface area contributed by atoms with Crippen LogP contribution in [-0.2, 0) is 41.6 Å². The van der Waals surface area contributed by atoms with E-state index in [-0.39, 0.29) is 93.9 Å². The highest BCUT2D eigenvalue weighted by Crippen LogP contribution is 2.20. The lowest BCUT2D eigenvalue weighted by molar-refractivity contribution is -0.133. The Morgan fingerprint density at radius 1 is 0.889 bits per heavy atom. The van der Waals surface area contributed by atoms with Gasteiger partial charge in [0.2, 0.25) is 11.8 Å². The third kappa shape index (κ3) is 14.1. The first kappa shape index (κ1) is 36.5. The molecule has 0 heterocycles. The van der Waals surface area contributed by atoms with Gasteiger partial charge in [0, 0.05) is 54.3 Å². The summed E-state index contributed by atoms with van der Waals surface area (Å²) in [6.07, 6.45) is 0.189. The molecular weight excluding hydrogens is 580 g/mol. The monoisotopic (exact) mass is 620 g/mol. The van der Waals surface area contributed by atoms with E-state index in [4.69, 9.17) is 16.0 Å². The van der Waals surface area contributed by atoms with Crippen LogP contribution in [0.15, 0.2) is 53.6 Å². The number of ketones is 4. The van der Waals surface area contributed by atoms with E-state index < -0.39 is 17.9 Å². The molecule has 13 nitrogen and oxygen atoms in total. The number of nitrogens with one attached hydrogen (secondary N) is 2. The lowest BCUT2D eigenvalue weighted by atomic mass is 9.91. The van der Waals surface area contributed by atoms with Crippen LogP contribution >= 0.6 is 0 Å². The predicted octanol–water partition coefficient (Wildman–Crippen LogP) is 3.10. The number of ether oxygens (including phenoxy) is 1. The Morgan fingerprint density at radius 3 is 2.13 bits per heavy atom. The number of carbonyl (C=O) groups excluding carboxylic acids is 6. The van der Waals surface area contributed by atoms with E-state index in [0.717, 1.165) is 0 Å². The number of nitrogens with zero attached hydrogens (tertiary/aromatic N) is 3. The number of nitrogens with two attached hydrogens (primary N) is 1. The number of benzene rings is 2. The smallest absolute Gasteiger partial charge is 0.233 e. The third-order valence-corrected chi connectivity index (χ3v) is 6.93. The van der Waals surface area contributed by atoms with Crippen LogP contribution in [0.4, 0.5) is 5.69 Å². The van der Waals surface area contributed by atoms with Gasteiger partial charge in [-0.2, -0.15) is 0 Å². The molecule has 0 fully saturated rings. The second-order valence-corrected chi connectivity index (χ2v) is 10.6. The van der Waals surface area contributed by atoms with Gasteiger partial charge in [-0.25, -0.2) is 0 Å². The van der Waals surface area contributed by atoms with Crippen LogP contribution in [0.2, 0.25) is 0 Å². The van der Waals surface area contributed by atoms with Gasteiger partial charge in [0.15, 0.2) is 11.6 Å². The van der Waals surface area contributed by atoms with Crippen molar-refractivity contribution in [3.8, 4) is 0 Å². The van der Waals surface area contributed by atoms with Crippen molar-refractivity contribution in [2.75, 3.05) is 26.3 Å². The number of hydrogen-bond donors (Lipinski definition) is 3. The zero-order valence-corrected chi connectivity index (χ0v) is 25.6. The van der Waals surface area contributed by atoms with Crippen molar-refractivity contribution in [3.63, 3.8) is 0 Å². The van der Waals surface area contributed by atoms with Crippen molar-refractivity contribution in [3.05, 3.63) is 75.7 Å². The minimum absolute atomic E-state index is 0.0316. The molecular formula is C32H40N6O7. The Kier molecular flexibility index (Phi) is 15.8. The molecule has 0 saturated heterocycles. The van der Waals surface area contributed by atoms with E-state index in [1.807, 2.05) is 0 Å². The average molecular weight is 621 g/mol. The van der Waals surface area contributed by atoms with Crippen molar-refractivity contribution in [2.24, 2.45) is 16.8 Å². The van der Waals surface area contributed by atoms with Crippen molar-refractivity contribution in [1.82, 2.24) is 10.6 Å². The first-order chi connectivity index (χ1) is 21.5. The molecule has 2 aromatic rings. The molecule has 2 rings (SSSR count). The number of carbonyl (C=O) groups is 6. The number of hydrogen-bond acceptors (Lipinski definition) is 9. The second-order valence-electron chi connectivity index (χ2n) is 10.6. The second kappa shape index (κ2) is 19.5. The Hall–Kier alpha value is -4.71. The van der Waals surface area contributed by atoms with Gasteiger partial charge in [0.05, 0.1) is 25.8 Å². The zero-order chi connectivity index (χ0) is 33.2. The Labute approximate surface area is 261 Å². The van der Waals surface area contributed by atoms with Crippen LogP contribution in [-0.4, -0.2) is 67.3 Å². The lowest BCUT2D eigenvalue weighted by Gasteiger charge is -2.22. The summed E-state index contributed by atoms with van der Waals surface area (Å²) >= 11 is 0. The fourth-order valence-corrected chi connectivity index (χ4v) is 4.41. The highest BCUT2D eigenvalue weighted by molar-refractivity contribution is 5.95. The first-order valence-corrected chi connectivity index (χ1v) is 14.6. The van der Waals surface area contributed by atoms with E-state index in [2.05, 4.69) is 20.7 Å². The molecule has 2 amide bonds. The van der Waals surface area contributed by atoms with Crippen molar-refractivity contribution in [1.29, 1.82) is 0 Å². The summed E-state index contributed by atoms with van der Waals surface area (Å²) in [6.45, 7) is 3.23. The maximum absolute atomic E-state index is 13.7. The molecule has 0 aliphatic rings. The predicted molar refractivity (Wildman–Crippen MR) is 167 cm³/mol. The summed E-state index contributed by atoms with van der Waals surface area (Å²) in [6, 6.07) is 12.3. The van der Waals surface area contributed by atoms with Gasteiger partial charge in [-0.15, -0.1) is 0 Å². The quantitative estimate of drug-likeness (QED) is 0.0619. The molecule has 0 aliphatic heterocycles. The molecule has 240 valence electrons. The van der Waals surface area contributed by atoms with Crippen LogP contribution in [0.3, 0.4) is 0 Å². The highest BCUT2D eigenvalue weighted by atomic mass is 16.5. The summed E-state index contributed by atoms with van der Waals surface area (Å²) < 4.78 is 5.42. The van der Waals surface area contributed by atoms with Crippen molar-refractivity contribution in [2.45, 2.75) is 58.4 Å². The topological polar surface area (TPSA) is 210 Å². The summed E-state index contributed by atoms with van der Waals surface area (Å²) in [7, 11) is 0. The number of amides is 2. The zero-order valence-electron chi connectivity index (χ0n) is 25.6. The van der Waals surface area contributed by atoms with Crippen LogP contribution in [0, 0.1) is 5.92 Å². The van der Waals surface area contributed by atoms with Gasteiger partial charge in [-0.05, 0) is 43.3 Å². The Morgan fingerprint density at radius 2 is 1.53 bits per heavy atom. The number of rotatable bonds is 21. The Balaban J connectivity index is 2.19. The van der Waals surface area contributed by atoms with E-state index in [1.165, 1.54) is 13.8 Å². The van der Waals surface area contributed by atoms with Gasteiger partial charge >= 0.3 is 0 Å². The maximum Gasteiger partial charge on any atom is 0.233 e. The highest BCUT2D eigenvalue weighted by Gasteiger charge is 2.28. The molecule has 0 aromatic heterocycles. The molecule has 0 aliphatic carbocycles. The third-order valence-electron chi connectivity index (χ3n) is 6.93. The molecule has 4 N–H and O–H groups in total. The Bertz CT molecular complexity index is 1390. The molecule has 2 atom stereocenters. The molecule has 2 aromatic carbocycles. The number of Topliss-reactive ketones (excluding diaryl/α,β-unsaturated/α-hetero) is 4. The van der Waals surface area contributed by atoms with Crippen LogP contribution in [0.5, 0.6) is 0 Å². The van der Waals surface area contributed by atoms with Crippen LogP contribution in [0.1, 0.15) is 61.0 Å². The molecule has 45 heavy (non-hydrogen) atoms. The molecule has 13 heteroatoms. The average Bonchev–Trinajstić information content (AvgIpc) is 3.01. The van der Waals surface area contributed by atoms with Crippen LogP contribution < -0.4 is 16.4 Å². The molecule has 2 unspecified atom stereocenters. The van der Waals surface area contributed by atoms with Gasteiger partial charge in [-0.3, -0.25) is 24.0 Å². The van der Waals surface area contributed by atoms with Crippen molar-refractivity contribution >= 4 is 40.6 Å². The summed E-state index contributed by atoms with van der Waals surface area (Å²) in [5, 5.41) is 8.92. The molecule has 0 bridgehead atoms. The van der Waals surface area contributed by atoms with Crippen LogP contribution in [0.25, 0.3) is 10.4 Å². The van der Waals surface area contributed by atoms with Gasteiger partial charge in [0.1, 0.15) is 11.6 Å². The van der Waals surface area contributed by atoms with Gasteiger partial charge < -0.3 is 25.9 Å². The summed E-state index contributed by atoms with van der Waals surface area (Å²) in [5.74, 6) is -2.48. The fourth-order valence-electron chi connectivity index (χ4n) is 4.41. The lowest BCUT2D eigenvalue weighted by Crippen LogP contribution is -2.46. The summed E-state index contributed by atoms with van der Waals surface area (Å²) in [4.78, 5) is 77.0. The molecule has 0 spiro atoms. The normalized spacial score (nSPS) is 11.9. The first-order valence-electron chi connectivity index (χ1n) is 14.6. The number of azide groups is 1. The van der Waals surface area contributed by atoms with Gasteiger partial charge in [-0.1, -0.05) is 53.6 Å². The van der Waals surface area contributed by atoms with E-state index in [9.17, 15) is 28.8 Å². The maximum atomic E-state index is 13.7. The minimum Gasteiger partial charge on any atom is -0.379 e. The SMILES string of the molecule is CC(=O)CCC(=O)C(Cc1ccc(C(C)=O)cc1)NC(=O)C(CC(=O)CCOCCNC(=O)CN)Cc1ccc(N=[N+]=[N-])cc1. The minimum atomic E-state index is -0.961. The summed E-state index contributed by atoms with van der Waals surface area (Å²) in [5.41, 5.74) is 16.2. The van der Waals surface area contributed by atoms with E-state index >= 15 is 0 Å².